The molecule has 1 aromatic heterocycles. The van der Waals surface area contributed by atoms with Crippen molar-refractivity contribution in [2.45, 2.75) is 32.6 Å². The Hall–Kier alpha value is -1.58. The number of pyridine rings is 1. The van der Waals surface area contributed by atoms with Crippen LogP contribution in [0, 0.1) is 6.92 Å². The Morgan fingerprint density at radius 2 is 2.25 bits per heavy atom. The highest BCUT2D eigenvalue weighted by molar-refractivity contribution is 5.66. The van der Waals surface area contributed by atoms with Crippen molar-refractivity contribution in [2.75, 3.05) is 6.61 Å². The molecule has 0 unspecified atom stereocenters. The number of rotatable bonds is 7. The average Bonchev–Trinajstić information content (AvgIpc) is 2.23. The first-order valence-electron chi connectivity index (χ1n) is 5.46. The van der Waals surface area contributed by atoms with Crippen molar-refractivity contribution < 1.29 is 14.6 Å². The van der Waals surface area contributed by atoms with Crippen molar-refractivity contribution in [3.63, 3.8) is 0 Å². The lowest BCUT2D eigenvalue weighted by Gasteiger charge is -2.05. The highest BCUT2D eigenvalue weighted by Gasteiger charge is 1.97. The first kappa shape index (κ1) is 12.5. The van der Waals surface area contributed by atoms with E-state index in [1.54, 1.807) is 6.20 Å². The number of ether oxygens (including phenoxy) is 1. The Morgan fingerprint density at radius 1 is 1.44 bits per heavy atom. The van der Waals surface area contributed by atoms with Gasteiger partial charge in [0.05, 0.1) is 6.61 Å². The molecule has 0 bridgehead atoms. The second kappa shape index (κ2) is 6.82. The standard InChI is InChI=1S/C12H17NO3/c1-10-9-11(6-7-13-10)16-8-4-2-3-5-12(14)15/h6-7,9H,2-5,8H2,1H3,(H,14,15). The molecule has 0 aliphatic rings. The van der Waals surface area contributed by atoms with Crippen LogP contribution in [0.15, 0.2) is 18.3 Å². The van der Waals surface area contributed by atoms with Gasteiger partial charge in [0, 0.05) is 24.4 Å². The van der Waals surface area contributed by atoms with Crippen molar-refractivity contribution in [3.8, 4) is 5.75 Å². The molecule has 16 heavy (non-hydrogen) atoms. The first-order chi connectivity index (χ1) is 7.68. The molecule has 0 atom stereocenters. The fourth-order valence-corrected chi connectivity index (χ4v) is 1.35. The molecular weight excluding hydrogens is 206 g/mol. The summed E-state index contributed by atoms with van der Waals surface area (Å²) in [5.74, 6) is 0.0939. The molecule has 0 saturated heterocycles. The highest BCUT2D eigenvalue weighted by atomic mass is 16.5. The maximum atomic E-state index is 10.3. The van der Waals surface area contributed by atoms with Crippen LogP contribution in [0.4, 0.5) is 0 Å². The van der Waals surface area contributed by atoms with E-state index < -0.39 is 5.97 Å². The summed E-state index contributed by atoms with van der Waals surface area (Å²) in [5, 5.41) is 8.44. The molecule has 1 aromatic rings. The number of carboxylic acid groups (broad SMARTS) is 1. The van der Waals surface area contributed by atoms with E-state index in [4.69, 9.17) is 9.84 Å². The molecule has 0 aromatic carbocycles. The van der Waals surface area contributed by atoms with Gasteiger partial charge >= 0.3 is 5.97 Å². The third-order valence-corrected chi connectivity index (χ3v) is 2.17. The normalized spacial score (nSPS) is 10.1. The summed E-state index contributed by atoms with van der Waals surface area (Å²) in [4.78, 5) is 14.3. The van der Waals surface area contributed by atoms with Gasteiger partial charge in [-0.2, -0.15) is 0 Å². The number of aromatic nitrogens is 1. The Balaban J connectivity index is 2.09. The van der Waals surface area contributed by atoms with Gasteiger partial charge in [-0.05, 0) is 32.3 Å². The molecule has 0 radical (unpaired) electrons. The Kier molecular flexibility index (Phi) is 5.32. The smallest absolute Gasteiger partial charge is 0.303 e. The number of nitrogens with zero attached hydrogens (tertiary/aromatic N) is 1. The van der Waals surface area contributed by atoms with Gasteiger partial charge in [0.25, 0.3) is 0 Å². The zero-order chi connectivity index (χ0) is 11.8. The van der Waals surface area contributed by atoms with E-state index in [0.717, 1.165) is 24.3 Å². The van der Waals surface area contributed by atoms with Gasteiger partial charge in [-0.3, -0.25) is 9.78 Å². The molecule has 1 heterocycles. The molecule has 0 amide bonds. The number of hydrogen-bond donors (Lipinski definition) is 1. The SMILES string of the molecule is Cc1cc(OCCCCCC(=O)O)ccn1. The van der Waals surface area contributed by atoms with Crippen molar-refractivity contribution in [3.05, 3.63) is 24.0 Å². The van der Waals surface area contributed by atoms with Crippen LogP contribution in [0.25, 0.3) is 0 Å². The summed E-state index contributed by atoms with van der Waals surface area (Å²) in [6.45, 7) is 2.54. The number of aryl methyl sites for hydroxylation is 1. The van der Waals surface area contributed by atoms with Gasteiger partial charge in [-0.25, -0.2) is 0 Å². The minimum Gasteiger partial charge on any atom is -0.493 e. The molecule has 4 nitrogen and oxygen atoms in total. The zero-order valence-corrected chi connectivity index (χ0v) is 9.48. The summed E-state index contributed by atoms with van der Waals surface area (Å²) >= 11 is 0. The van der Waals surface area contributed by atoms with Crippen LogP contribution in [0.1, 0.15) is 31.4 Å². The number of unbranched alkanes of at least 4 members (excludes halogenated alkanes) is 2. The molecule has 0 aliphatic carbocycles. The average molecular weight is 223 g/mol. The van der Waals surface area contributed by atoms with Gasteiger partial charge < -0.3 is 9.84 Å². The Bertz CT molecular complexity index is 339. The van der Waals surface area contributed by atoms with E-state index in [9.17, 15) is 4.79 Å². The second-order valence-electron chi connectivity index (χ2n) is 3.69. The van der Waals surface area contributed by atoms with Crippen molar-refractivity contribution in [2.24, 2.45) is 0 Å². The largest absolute Gasteiger partial charge is 0.493 e. The number of carboxylic acids is 1. The molecule has 88 valence electrons. The van der Waals surface area contributed by atoms with E-state index in [1.165, 1.54) is 0 Å². The predicted molar refractivity (Wildman–Crippen MR) is 60.6 cm³/mol. The third kappa shape index (κ3) is 5.34. The first-order valence-corrected chi connectivity index (χ1v) is 5.46. The van der Waals surface area contributed by atoms with Crippen LogP contribution in [0.3, 0.4) is 0 Å². The lowest BCUT2D eigenvalue weighted by atomic mass is 10.2. The molecule has 4 heteroatoms. The summed E-state index contributed by atoms with van der Waals surface area (Å²) < 4.78 is 5.51. The Morgan fingerprint density at radius 3 is 2.94 bits per heavy atom. The molecule has 1 rings (SSSR count). The van der Waals surface area contributed by atoms with Crippen LogP contribution in [0.5, 0.6) is 5.75 Å². The number of aliphatic carboxylic acids is 1. The molecule has 0 saturated carbocycles. The van der Waals surface area contributed by atoms with Crippen LogP contribution in [-0.4, -0.2) is 22.7 Å². The fourth-order valence-electron chi connectivity index (χ4n) is 1.35. The van der Waals surface area contributed by atoms with E-state index in [0.29, 0.717) is 13.0 Å². The lowest BCUT2D eigenvalue weighted by molar-refractivity contribution is -0.137. The van der Waals surface area contributed by atoms with E-state index in [-0.39, 0.29) is 6.42 Å². The minimum atomic E-state index is -0.731. The summed E-state index contributed by atoms with van der Waals surface area (Å²) in [6, 6.07) is 3.71. The van der Waals surface area contributed by atoms with E-state index in [2.05, 4.69) is 4.98 Å². The highest BCUT2D eigenvalue weighted by Crippen LogP contribution is 2.11. The molecule has 0 fully saturated rings. The van der Waals surface area contributed by atoms with Gasteiger partial charge in [0.15, 0.2) is 0 Å². The molecule has 0 spiro atoms. The number of hydrogen-bond acceptors (Lipinski definition) is 3. The van der Waals surface area contributed by atoms with Crippen LogP contribution < -0.4 is 4.74 Å². The molecule has 0 aliphatic heterocycles. The fraction of sp³-hybridized carbons (Fsp3) is 0.500. The van der Waals surface area contributed by atoms with Crippen molar-refractivity contribution >= 4 is 5.97 Å². The van der Waals surface area contributed by atoms with Crippen LogP contribution >= 0.6 is 0 Å². The summed E-state index contributed by atoms with van der Waals surface area (Å²) in [6.07, 6.45) is 4.45. The van der Waals surface area contributed by atoms with Gasteiger partial charge in [0.1, 0.15) is 5.75 Å². The topological polar surface area (TPSA) is 59.4 Å². The van der Waals surface area contributed by atoms with Crippen molar-refractivity contribution in [1.29, 1.82) is 0 Å². The van der Waals surface area contributed by atoms with Gasteiger partial charge in [-0.15, -0.1) is 0 Å². The third-order valence-electron chi connectivity index (χ3n) is 2.17. The Labute approximate surface area is 95.3 Å². The molecule has 1 N–H and O–H groups in total. The second-order valence-corrected chi connectivity index (χ2v) is 3.69. The minimum absolute atomic E-state index is 0.244. The monoisotopic (exact) mass is 223 g/mol. The van der Waals surface area contributed by atoms with E-state index >= 15 is 0 Å². The quantitative estimate of drug-likeness (QED) is 0.721. The predicted octanol–water partition coefficient (Wildman–Crippen LogP) is 2.41. The van der Waals surface area contributed by atoms with Gasteiger partial charge in [0.2, 0.25) is 0 Å². The zero-order valence-electron chi connectivity index (χ0n) is 9.48. The summed E-state index contributed by atoms with van der Waals surface area (Å²) in [5.41, 5.74) is 0.934. The maximum absolute atomic E-state index is 10.3. The van der Waals surface area contributed by atoms with Crippen LogP contribution in [0.2, 0.25) is 0 Å². The lowest BCUT2D eigenvalue weighted by Crippen LogP contribution is -1.99. The number of carbonyl (C=O) groups is 1. The summed E-state index contributed by atoms with van der Waals surface area (Å²) in [7, 11) is 0. The van der Waals surface area contributed by atoms with Crippen molar-refractivity contribution in [1.82, 2.24) is 4.98 Å². The maximum Gasteiger partial charge on any atom is 0.303 e. The van der Waals surface area contributed by atoms with E-state index in [1.807, 2.05) is 19.1 Å². The van der Waals surface area contributed by atoms with Crippen LogP contribution in [-0.2, 0) is 4.79 Å². The molecular formula is C12H17NO3. The van der Waals surface area contributed by atoms with Gasteiger partial charge in [-0.1, -0.05) is 0 Å².